The monoisotopic (exact) mass is 504 g/mol. The van der Waals surface area contributed by atoms with Gasteiger partial charge in [0, 0.05) is 63.2 Å². The van der Waals surface area contributed by atoms with E-state index in [2.05, 4.69) is 32.0 Å². The van der Waals surface area contributed by atoms with E-state index in [-0.39, 0.29) is 5.91 Å². The standard InChI is InChI=1S/C24H33ClN6O2S/c1-29-9-11-31(12-10-29)22-17-21(25)27-24(28-22)34-18-19-3-5-20(6-4-19)23(32)26-7-2-8-30-13-15-33-16-14-30/h3-6,17H,2,7-16,18H2,1H3,(H,26,32). The number of ether oxygens (including phenoxy) is 1. The molecule has 34 heavy (non-hydrogen) atoms. The Hall–Kier alpha value is -1.91. The highest BCUT2D eigenvalue weighted by atomic mass is 35.5. The zero-order valence-electron chi connectivity index (χ0n) is 19.7. The lowest BCUT2D eigenvalue weighted by atomic mass is 10.1. The van der Waals surface area contributed by atoms with Crippen LogP contribution in [-0.2, 0) is 10.5 Å². The summed E-state index contributed by atoms with van der Waals surface area (Å²) in [4.78, 5) is 28.5. The van der Waals surface area contributed by atoms with Crippen molar-refractivity contribution in [3.05, 3.63) is 46.6 Å². The normalized spacial score (nSPS) is 17.6. The maximum Gasteiger partial charge on any atom is 0.251 e. The van der Waals surface area contributed by atoms with Crippen molar-refractivity contribution in [2.24, 2.45) is 0 Å². The fraction of sp³-hybridized carbons (Fsp3) is 0.542. The molecule has 2 saturated heterocycles. The quantitative estimate of drug-likeness (QED) is 0.242. The minimum Gasteiger partial charge on any atom is -0.379 e. The number of halogens is 1. The summed E-state index contributed by atoms with van der Waals surface area (Å²) >= 11 is 7.83. The molecule has 0 atom stereocenters. The number of thioether (sulfide) groups is 1. The SMILES string of the molecule is CN1CCN(c2cc(Cl)nc(SCc3ccc(C(=O)NCCCN4CCOCC4)cc3)n2)CC1. The van der Waals surface area contributed by atoms with Crippen molar-refractivity contribution in [3.8, 4) is 0 Å². The summed E-state index contributed by atoms with van der Waals surface area (Å²) in [5.74, 6) is 1.57. The van der Waals surface area contributed by atoms with E-state index in [9.17, 15) is 4.79 Å². The summed E-state index contributed by atoms with van der Waals surface area (Å²) in [7, 11) is 2.13. The van der Waals surface area contributed by atoms with Crippen molar-refractivity contribution >= 4 is 35.1 Å². The molecule has 1 aromatic heterocycles. The van der Waals surface area contributed by atoms with Gasteiger partial charge in [0.15, 0.2) is 5.16 Å². The highest BCUT2D eigenvalue weighted by Crippen LogP contribution is 2.25. The molecule has 0 spiro atoms. The van der Waals surface area contributed by atoms with Crippen molar-refractivity contribution in [3.63, 3.8) is 0 Å². The minimum absolute atomic E-state index is 0.0313. The average molecular weight is 505 g/mol. The Morgan fingerprint density at radius 1 is 1.09 bits per heavy atom. The molecule has 1 aromatic carbocycles. The molecule has 0 bridgehead atoms. The zero-order chi connectivity index (χ0) is 23.8. The van der Waals surface area contributed by atoms with Gasteiger partial charge in [-0.1, -0.05) is 35.5 Å². The van der Waals surface area contributed by atoms with Crippen LogP contribution in [0.25, 0.3) is 0 Å². The summed E-state index contributed by atoms with van der Waals surface area (Å²) in [6.45, 7) is 9.12. The van der Waals surface area contributed by atoms with Gasteiger partial charge in [0.25, 0.3) is 5.91 Å². The van der Waals surface area contributed by atoms with Crippen LogP contribution in [0.4, 0.5) is 5.82 Å². The van der Waals surface area contributed by atoms with Gasteiger partial charge < -0.3 is 19.9 Å². The van der Waals surface area contributed by atoms with Crippen LogP contribution in [0.2, 0.25) is 5.15 Å². The lowest BCUT2D eigenvalue weighted by molar-refractivity contribution is 0.0374. The highest BCUT2D eigenvalue weighted by molar-refractivity contribution is 7.98. The molecule has 0 saturated carbocycles. The van der Waals surface area contributed by atoms with E-state index < -0.39 is 0 Å². The molecule has 0 aliphatic carbocycles. The maximum atomic E-state index is 12.4. The van der Waals surface area contributed by atoms with Gasteiger partial charge in [-0.3, -0.25) is 9.69 Å². The molecule has 0 radical (unpaired) electrons. The first kappa shape index (κ1) is 25.2. The van der Waals surface area contributed by atoms with Gasteiger partial charge in [-0.25, -0.2) is 9.97 Å². The number of piperazine rings is 1. The van der Waals surface area contributed by atoms with Crippen molar-refractivity contribution in [2.75, 3.05) is 77.5 Å². The molecule has 4 rings (SSSR count). The molecule has 184 valence electrons. The number of hydrogen-bond acceptors (Lipinski definition) is 8. The van der Waals surface area contributed by atoms with Crippen LogP contribution >= 0.6 is 23.4 Å². The highest BCUT2D eigenvalue weighted by Gasteiger charge is 2.17. The summed E-state index contributed by atoms with van der Waals surface area (Å²) in [5, 5.41) is 4.15. The van der Waals surface area contributed by atoms with Gasteiger partial charge in [-0.2, -0.15) is 0 Å². The second-order valence-electron chi connectivity index (χ2n) is 8.67. The second kappa shape index (κ2) is 12.7. The number of carbonyl (C=O) groups is 1. The summed E-state index contributed by atoms with van der Waals surface area (Å²) in [6.07, 6.45) is 0.941. The summed E-state index contributed by atoms with van der Waals surface area (Å²) in [5.41, 5.74) is 1.79. The minimum atomic E-state index is -0.0313. The number of aromatic nitrogens is 2. The average Bonchev–Trinajstić information content (AvgIpc) is 2.86. The molecular formula is C24H33ClN6O2S. The third-order valence-corrected chi connectivity index (χ3v) is 7.22. The predicted molar refractivity (Wildman–Crippen MR) is 137 cm³/mol. The lowest BCUT2D eigenvalue weighted by Gasteiger charge is -2.33. The van der Waals surface area contributed by atoms with Crippen LogP contribution in [0.1, 0.15) is 22.3 Å². The van der Waals surface area contributed by atoms with Gasteiger partial charge >= 0.3 is 0 Å². The van der Waals surface area contributed by atoms with Crippen molar-refractivity contribution < 1.29 is 9.53 Å². The number of anilines is 1. The third-order valence-electron chi connectivity index (χ3n) is 6.11. The third kappa shape index (κ3) is 7.55. The molecule has 10 heteroatoms. The first-order valence-electron chi connectivity index (χ1n) is 11.8. The Morgan fingerprint density at radius 3 is 2.56 bits per heavy atom. The number of nitrogens with zero attached hydrogens (tertiary/aromatic N) is 5. The second-order valence-corrected chi connectivity index (χ2v) is 10.0. The van der Waals surface area contributed by atoms with Gasteiger partial charge in [0.2, 0.25) is 0 Å². The molecule has 2 aliphatic rings. The van der Waals surface area contributed by atoms with E-state index >= 15 is 0 Å². The van der Waals surface area contributed by atoms with Crippen LogP contribution in [0, 0.1) is 0 Å². The van der Waals surface area contributed by atoms with Crippen molar-refractivity contribution in [2.45, 2.75) is 17.3 Å². The Bertz CT molecular complexity index is 934. The van der Waals surface area contributed by atoms with E-state index in [0.29, 0.717) is 28.2 Å². The molecule has 1 amide bonds. The number of carbonyl (C=O) groups excluding carboxylic acids is 1. The molecule has 3 heterocycles. The number of morpholine rings is 1. The summed E-state index contributed by atoms with van der Waals surface area (Å²) in [6, 6.07) is 9.57. The van der Waals surface area contributed by atoms with E-state index in [1.807, 2.05) is 30.3 Å². The Labute approximate surface area is 211 Å². The Kier molecular flexibility index (Phi) is 9.41. The topological polar surface area (TPSA) is 73.8 Å². The molecule has 2 fully saturated rings. The molecular weight excluding hydrogens is 472 g/mol. The van der Waals surface area contributed by atoms with Crippen molar-refractivity contribution in [1.29, 1.82) is 0 Å². The van der Waals surface area contributed by atoms with E-state index in [1.54, 1.807) is 11.8 Å². The van der Waals surface area contributed by atoms with Gasteiger partial charge in [-0.05, 0) is 37.7 Å². The smallest absolute Gasteiger partial charge is 0.251 e. The van der Waals surface area contributed by atoms with Gasteiger partial charge in [0.05, 0.1) is 13.2 Å². The number of benzene rings is 1. The molecule has 2 aliphatic heterocycles. The number of amides is 1. The van der Waals surface area contributed by atoms with Crippen LogP contribution in [0.15, 0.2) is 35.5 Å². The molecule has 0 unspecified atom stereocenters. The zero-order valence-corrected chi connectivity index (χ0v) is 21.3. The summed E-state index contributed by atoms with van der Waals surface area (Å²) < 4.78 is 5.36. The number of nitrogens with one attached hydrogen (secondary N) is 1. The first-order chi connectivity index (χ1) is 16.6. The Balaban J connectivity index is 1.23. The van der Waals surface area contributed by atoms with Crippen LogP contribution in [0.3, 0.4) is 0 Å². The van der Waals surface area contributed by atoms with E-state index in [0.717, 1.165) is 76.8 Å². The van der Waals surface area contributed by atoms with Gasteiger partial charge in [-0.15, -0.1) is 0 Å². The number of hydrogen-bond donors (Lipinski definition) is 1. The number of likely N-dealkylation sites (N-methyl/N-ethyl adjacent to an activating group) is 1. The van der Waals surface area contributed by atoms with Crippen LogP contribution < -0.4 is 10.2 Å². The molecule has 2 aromatic rings. The largest absolute Gasteiger partial charge is 0.379 e. The fourth-order valence-electron chi connectivity index (χ4n) is 3.98. The van der Waals surface area contributed by atoms with Gasteiger partial charge in [0.1, 0.15) is 11.0 Å². The Morgan fingerprint density at radius 2 is 1.82 bits per heavy atom. The predicted octanol–water partition coefficient (Wildman–Crippen LogP) is 2.63. The molecule has 1 N–H and O–H groups in total. The molecule has 8 nitrogen and oxygen atoms in total. The fourth-order valence-corrected chi connectivity index (χ4v) is 5.02. The van der Waals surface area contributed by atoms with Crippen LogP contribution in [0.5, 0.6) is 0 Å². The maximum absolute atomic E-state index is 12.4. The van der Waals surface area contributed by atoms with E-state index in [4.69, 9.17) is 21.3 Å². The number of rotatable bonds is 9. The lowest BCUT2D eigenvalue weighted by Crippen LogP contribution is -2.44. The van der Waals surface area contributed by atoms with Crippen molar-refractivity contribution in [1.82, 2.24) is 25.1 Å². The first-order valence-corrected chi connectivity index (χ1v) is 13.2. The van der Waals surface area contributed by atoms with E-state index in [1.165, 1.54) is 0 Å². The van der Waals surface area contributed by atoms with Crippen LogP contribution in [-0.4, -0.2) is 98.3 Å².